The Hall–Kier alpha value is -1.37. The molecule has 10 heteroatoms. The van der Waals surface area contributed by atoms with Gasteiger partial charge in [-0.3, -0.25) is 4.79 Å². The molecule has 10 nitrogen and oxygen atoms in total. The first-order valence-electron chi connectivity index (χ1n) is 31.7. The van der Waals surface area contributed by atoms with E-state index in [0.717, 1.165) is 38.5 Å². The number of hydrogen-bond acceptors (Lipinski definition) is 9. The van der Waals surface area contributed by atoms with Gasteiger partial charge in [0.1, 0.15) is 30.5 Å². The van der Waals surface area contributed by atoms with Crippen LogP contribution in [0.5, 0.6) is 0 Å². The normalized spacial score (nSPS) is 19.6. The molecule has 432 valence electrons. The Morgan fingerprint density at radius 2 is 0.808 bits per heavy atom. The van der Waals surface area contributed by atoms with Crippen molar-refractivity contribution in [3.05, 3.63) is 24.3 Å². The van der Waals surface area contributed by atoms with Crippen LogP contribution in [-0.4, -0.2) is 98.7 Å². The largest absolute Gasteiger partial charge is 0.394 e. The van der Waals surface area contributed by atoms with Crippen LogP contribution in [0.2, 0.25) is 0 Å². The minimum absolute atomic E-state index is 0.309. The van der Waals surface area contributed by atoms with E-state index >= 15 is 0 Å². The molecule has 1 saturated heterocycles. The Bertz CT molecular complexity index is 1220. The quantitative estimate of drug-likeness (QED) is 0.0232. The van der Waals surface area contributed by atoms with Crippen LogP contribution in [0.1, 0.15) is 309 Å². The van der Waals surface area contributed by atoms with Crippen molar-refractivity contribution in [2.75, 3.05) is 13.2 Å². The summed E-state index contributed by atoms with van der Waals surface area (Å²) in [5, 5.41) is 65.1. The number of aliphatic hydroxyl groups excluding tert-OH is 6. The summed E-state index contributed by atoms with van der Waals surface area (Å²) in [6.45, 7) is 3.64. The molecular weight excluding hydrogens is 915 g/mol. The molecule has 0 aromatic rings. The van der Waals surface area contributed by atoms with Crippen molar-refractivity contribution in [2.24, 2.45) is 0 Å². The van der Waals surface area contributed by atoms with Crippen LogP contribution in [0.4, 0.5) is 0 Å². The molecule has 1 heterocycles. The molecule has 0 spiro atoms. The molecule has 0 aromatic heterocycles. The highest BCUT2D eigenvalue weighted by Gasteiger charge is 2.44. The van der Waals surface area contributed by atoms with Crippen LogP contribution < -0.4 is 5.32 Å². The van der Waals surface area contributed by atoms with Crippen LogP contribution in [0, 0.1) is 0 Å². The summed E-state index contributed by atoms with van der Waals surface area (Å²) in [5.41, 5.74) is 0. The van der Waals surface area contributed by atoms with Crippen molar-refractivity contribution in [2.45, 2.75) is 358 Å². The lowest BCUT2D eigenvalue weighted by atomic mass is 9.99. The van der Waals surface area contributed by atoms with E-state index in [0.29, 0.717) is 12.8 Å². The van der Waals surface area contributed by atoms with E-state index < -0.39 is 61.5 Å². The number of aliphatic hydroxyl groups is 6. The van der Waals surface area contributed by atoms with Crippen molar-refractivity contribution in [3.8, 4) is 0 Å². The molecule has 8 unspecified atom stereocenters. The fourth-order valence-electron chi connectivity index (χ4n) is 10.3. The van der Waals surface area contributed by atoms with E-state index in [1.807, 2.05) is 6.08 Å². The first-order chi connectivity index (χ1) is 35.8. The Morgan fingerprint density at radius 3 is 1.19 bits per heavy atom. The van der Waals surface area contributed by atoms with E-state index in [1.54, 1.807) is 6.08 Å². The molecule has 1 aliphatic heterocycles. The van der Waals surface area contributed by atoms with Gasteiger partial charge in [-0.2, -0.15) is 0 Å². The highest BCUT2D eigenvalue weighted by atomic mass is 16.7. The van der Waals surface area contributed by atoms with E-state index in [1.165, 1.54) is 244 Å². The van der Waals surface area contributed by atoms with Gasteiger partial charge < -0.3 is 45.4 Å². The number of rotatable bonds is 55. The number of hydrogen-bond donors (Lipinski definition) is 7. The predicted octanol–water partition coefficient (Wildman–Crippen LogP) is 15.1. The number of carbonyl (C=O) groups excluding carboxylic acids is 1. The average molecular weight is 1040 g/mol. The van der Waals surface area contributed by atoms with Crippen LogP contribution >= 0.6 is 0 Å². The smallest absolute Gasteiger partial charge is 0.249 e. The minimum Gasteiger partial charge on any atom is -0.394 e. The molecule has 1 aliphatic rings. The zero-order chi connectivity index (χ0) is 53.1. The van der Waals surface area contributed by atoms with E-state index in [4.69, 9.17) is 9.47 Å². The third-order valence-corrected chi connectivity index (χ3v) is 15.4. The molecule has 7 N–H and O–H groups in total. The first-order valence-corrected chi connectivity index (χ1v) is 31.7. The molecule has 1 fully saturated rings. The van der Waals surface area contributed by atoms with Crippen LogP contribution in [0.3, 0.4) is 0 Å². The van der Waals surface area contributed by atoms with Gasteiger partial charge in [-0.25, -0.2) is 0 Å². The van der Waals surface area contributed by atoms with Gasteiger partial charge in [0, 0.05) is 0 Å². The van der Waals surface area contributed by atoms with E-state index in [2.05, 4.69) is 31.3 Å². The van der Waals surface area contributed by atoms with Gasteiger partial charge in [-0.05, 0) is 32.1 Å². The van der Waals surface area contributed by atoms with Gasteiger partial charge in [0.15, 0.2) is 6.29 Å². The molecule has 0 radical (unpaired) electrons. The Morgan fingerprint density at radius 1 is 0.466 bits per heavy atom. The molecule has 73 heavy (non-hydrogen) atoms. The Balaban J connectivity index is 2.15. The molecule has 0 bridgehead atoms. The molecule has 8 atom stereocenters. The Kier molecular flexibility index (Phi) is 50.3. The van der Waals surface area contributed by atoms with Crippen molar-refractivity contribution in [1.29, 1.82) is 0 Å². The summed E-state index contributed by atoms with van der Waals surface area (Å²) < 4.78 is 11.2. The van der Waals surface area contributed by atoms with Crippen molar-refractivity contribution >= 4 is 5.91 Å². The predicted molar refractivity (Wildman–Crippen MR) is 306 cm³/mol. The zero-order valence-corrected chi connectivity index (χ0v) is 47.8. The highest BCUT2D eigenvalue weighted by molar-refractivity contribution is 5.80. The molecule has 0 aromatic carbocycles. The summed E-state index contributed by atoms with van der Waals surface area (Å²) in [7, 11) is 0. The summed E-state index contributed by atoms with van der Waals surface area (Å²) >= 11 is 0. The number of unbranched alkanes of at least 4 members (excludes halogenated alkanes) is 42. The average Bonchev–Trinajstić information content (AvgIpc) is 3.39. The SMILES string of the molecule is CCCCCCCCCCCC/C=C/CC/C=C/C(O)C(COC1OC(CO)C(O)C(O)C1O)NC(=O)C(O)CCCCCCCCCCCCCCCCCCCCCCCCCCCCCCCCCC. The molecular formula is C63H121NO9. The van der Waals surface area contributed by atoms with Gasteiger partial charge in [0.2, 0.25) is 5.91 Å². The molecule has 1 amide bonds. The minimum atomic E-state index is -1.61. The third kappa shape index (κ3) is 41.4. The van der Waals surface area contributed by atoms with Crippen LogP contribution in [-0.2, 0) is 14.3 Å². The lowest BCUT2D eigenvalue weighted by Crippen LogP contribution is -2.60. The van der Waals surface area contributed by atoms with Gasteiger partial charge in [0.05, 0.1) is 25.4 Å². The molecule has 0 aliphatic carbocycles. The highest BCUT2D eigenvalue weighted by Crippen LogP contribution is 2.23. The summed E-state index contributed by atoms with van der Waals surface area (Å²) in [6, 6.07) is -0.995. The zero-order valence-electron chi connectivity index (χ0n) is 47.8. The van der Waals surface area contributed by atoms with Crippen LogP contribution in [0.15, 0.2) is 24.3 Å². The maximum absolute atomic E-state index is 13.1. The number of carbonyl (C=O) groups is 1. The standard InChI is InChI=1S/C63H121NO9/c1-3-5-7-9-11-13-15-17-19-21-22-23-24-25-26-27-28-29-30-31-32-33-34-35-36-38-40-42-44-46-48-50-52-57(67)62(71)64-55(54-72-63-61(70)60(69)59(68)58(53-65)73-63)56(66)51-49-47-45-43-41-39-37-20-18-16-14-12-10-8-6-4-2/h41,43,49,51,55-61,63,65-70H,3-40,42,44-48,50,52-54H2,1-2H3,(H,64,71)/b43-41+,51-49+. The maximum atomic E-state index is 13.1. The fraction of sp³-hybridized carbons (Fsp3) is 0.921. The van der Waals surface area contributed by atoms with E-state index in [9.17, 15) is 35.4 Å². The number of allylic oxidation sites excluding steroid dienone is 3. The maximum Gasteiger partial charge on any atom is 0.249 e. The van der Waals surface area contributed by atoms with Crippen molar-refractivity contribution in [1.82, 2.24) is 5.32 Å². The number of amides is 1. The first kappa shape index (κ1) is 69.6. The van der Waals surface area contributed by atoms with Crippen LogP contribution in [0.25, 0.3) is 0 Å². The second-order valence-corrected chi connectivity index (χ2v) is 22.3. The fourth-order valence-corrected chi connectivity index (χ4v) is 10.3. The lowest BCUT2D eigenvalue weighted by molar-refractivity contribution is -0.302. The Labute approximate surface area is 450 Å². The second kappa shape index (κ2) is 52.7. The summed E-state index contributed by atoms with van der Waals surface area (Å²) in [6.07, 6.45) is 57.4. The lowest BCUT2D eigenvalue weighted by Gasteiger charge is -2.40. The van der Waals surface area contributed by atoms with E-state index in [-0.39, 0.29) is 6.61 Å². The molecule has 0 saturated carbocycles. The number of ether oxygens (including phenoxy) is 2. The van der Waals surface area contributed by atoms with Crippen molar-refractivity contribution in [3.63, 3.8) is 0 Å². The van der Waals surface area contributed by atoms with Crippen molar-refractivity contribution < 1.29 is 44.9 Å². The molecule has 1 rings (SSSR count). The van der Waals surface area contributed by atoms with Gasteiger partial charge in [-0.1, -0.05) is 301 Å². The van der Waals surface area contributed by atoms with Gasteiger partial charge in [-0.15, -0.1) is 0 Å². The summed E-state index contributed by atoms with van der Waals surface area (Å²) in [5.74, 6) is -0.620. The summed E-state index contributed by atoms with van der Waals surface area (Å²) in [4.78, 5) is 13.1. The third-order valence-electron chi connectivity index (χ3n) is 15.4. The second-order valence-electron chi connectivity index (χ2n) is 22.3. The topological polar surface area (TPSA) is 169 Å². The van der Waals surface area contributed by atoms with Gasteiger partial charge >= 0.3 is 0 Å². The monoisotopic (exact) mass is 1040 g/mol. The van der Waals surface area contributed by atoms with Gasteiger partial charge in [0.25, 0.3) is 0 Å². The number of nitrogens with one attached hydrogen (secondary N) is 1.